The second-order valence-electron chi connectivity index (χ2n) is 7.35. The van der Waals surface area contributed by atoms with E-state index in [0.717, 1.165) is 42.8 Å². The van der Waals surface area contributed by atoms with Crippen molar-refractivity contribution in [1.82, 2.24) is 4.90 Å². The van der Waals surface area contributed by atoms with Crippen LogP contribution in [-0.4, -0.2) is 36.3 Å². The molecule has 2 rings (SSSR count). The molecule has 1 amide bonds. The van der Waals surface area contributed by atoms with Crippen LogP contribution in [0.5, 0.6) is 5.75 Å². The fraction of sp³-hybridized carbons (Fsp3) is 0.550. The molecule has 4 heteroatoms. The lowest BCUT2D eigenvalue weighted by Gasteiger charge is -2.33. The number of rotatable bonds is 3. The molecule has 0 saturated carbocycles. The van der Waals surface area contributed by atoms with E-state index in [0.29, 0.717) is 12.5 Å². The van der Waals surface area contributed by atoms with Crippen molar-refractivity contribution in [2.45, 2.75) is 46.1 Å². The van der Waals surface area contributed by atoms with Crippen molar-refractivity contribution in [1.29, 1.82) is 0 Å². The van der Waals surface area contributed by atoms with Crippen LogP contribution >= 0.6 is 0 Å². The minimum atomic E-state index is -0.445. The minimum absolute atomic E-state index is 0.220. The molecular weight excluding hydrogens is 302 g/mol. The highest BCUT2D eigenvalue weighted by Gasteiger charge is 2.27. The van der Waals surface area contributed by atoms with Crippen molar-refractivity contribution < 1.29 is 14.3 Å². The summed E-state index contributed by atoms with van der Waals surface area (Å²) in [6.45, 7) is 9.77. The van der Waals surface area contributed by atoms with Gasteiger partial charge in [0.2, 0.25) is 0 Å². The minimum Gasteiger partial charge on any atom is -0.493 e. The molecule has 1 saturated heterocycles. The average Bonchev–Trinajstić information content (AvgIpc) is 2.52. The summed E-state index contributed by atoms with van der Waals surface area (Å²) in [4.78, 5) is 13.8. The van der Waals surface area contributed by atoms with Crippen LogP contribution in [0.15, 0.2) is 18.2 Å². The standard InChI is InChI=1S/C20H27NO3/c1-6-16-7-8-18(15(2)13-16)23-14-17-9-11-21(12-10-17)19(22)24-20(3,4)5/h1,7-8,13,17H,9-12,14H2,2-5H3. The van der Waals surface area contributed by atoms with Gasteiger partial charge in [0.05, 0.1) is 6.61 Å². The topological polar surface area (TPSA) is 38.8 Å². The van der Waals surface area contributed by atoms with E-state index in [1.54, 1.807) is 4.90 Å². The quantitative estimate of drug-likeness (QED) is 0.787. The molecule has 130 valence electrons. The monoisotopic (exact) mass is 329 g/mol. The van der Waals surface area contributed by atoms with Crippen molar-refractivity contribution in [2.75, 3.05) is 19.7 Å². The second kappa shape index (κ2) is 7.61. The number of benzene rings is 1. The van der Waals surface area contributed by atoms with Gasteiger partial charge in [0.25, 0.3) is 0 Å². The van der Waals surface area contributed by atoms with Crippen LogP contribution in [0.2, 0.25) is 0 Å². The van der Waals surface area contributed by atoms with Gasteiger partial charge in [0.1, 0.15) is 11.4 Å². The lowest BCUT2D eigenvalue weighted by atomic mass is 9.98. The Balaban J connectivity index is 1.79. The highest BCUT2D eigenvalue weighted by molar-refractivity contribution is 5.68. The van der Waals surface area contributed by atoms with Crippen LogP contribution in [0.3, 0.4) is 0 Å². The van der Waals surface area contributed by atoms with E-state index in [9.17, 15) is 4.79 Å². The first kappa shape index (κ1) is 18.2. The van der Waals surface area contributed by atoms with Crippen LogP contribution in [0, 0.1) is 25.2 Å². The van der Waals surface area contributed by atoms with E-state index >= 15 is 0 Å². The summed E-state index contributed by atoms with van der Waals surface area (Å²) >= 11 is 0. The summed E-state index contributed by atoms with van der Waals surface area (Å²) in [5.74, 6) is 3.96. The smallest absolute Gasteiger partial charge is 0.410 e. The molecule has 0 aromatic heterocycles. The Morgan fingerprint density at radius 2 is 2.00 bits per heavy atom. The van der Waals surface area contributed by atoms with Gasteiger partial charge in [-0.25, -0.2) is 4.79 Å². The molecular formula is C20H27NO3. The number of nitrogens with zero attached hydrogens (tertiary/aromatic N) is 1. The Kier molecular flexibility index (Phi) is 5.77. The first-order valence-electron chi connectivity index (χ1n) is 8.46. The Morgan fingerprint density at radius 3 is 2.54 bits per heavy atom. The third-order valence-electron chi connectivity index (χ3n) is 4.08. The zero-order chi connectivity index (χ0) is 17.7. The lowest BCUT2D eigenvalue weighted by molar-refractivity contribution is 0.0165. The van der Waals surface area contributed by atoms with Gasteiger partial charge in [-0.15, -0.1) is 6.42 Å². The molecule has 0 aliphatic carbocycles. The van der Waals surface area contributed by atoms with Crippen LogP contribution in [0.1, 0.15) is 44.7 Å². The van der Waals surface area contributed by atoms with E-state index < -0.39 is 5.60 Å². The third-order valence-corrected chi connectivity index (χ3v) is 4.08. The molecule has 1 aromatic carbocycles. The van der Waals surface area contributed by atoms with Gasteiger partial charge in [0, 0.05) is 18.7 Å². The predicted octanol–water partition coefficient (Wildman–Crippen LogP) is 4.00. The SMILES string of the molecule is C#Cc1ccc(OCC2CCN(C(=O)OC(C)(C)C)CC2)c(C)c1. The molecule has 1 aliphatic heterocycles. The van der Waals surface area contributed by atoms with Crippen molar-refractivity contribution >= 4 is 6.09 Å². The highest BCUT2D eigenvalue weighted by atomic mass is 16.6. The normalized spacial score (nSPS) is 15.7. The highest BCUT2D eigenvalue weighted by Crippen LogP contribution is 2.23. The fourth-order valence-electron chi connectivity index (χ4n) is 2.72. The van der Waals surface area contributed by atoms with Gasteiger partial charge in [0.15, 0.2) is 0 Å². The van der Waals surface area contributed by atoms with E-state index in [4.69, 9.17) is 15.9 Å². The molecule has 1 heterocycles. The average molecular weight is 329 g/mol. The van der Waals surface area contributed by atoms with E-state index in [1.807, 2.05) is 45.9 Å². The maximum atomic E-state index is 12.1. The van der Waals surface area contributed by atoms with Crippen molar-refractivity contribution in [3.05, 3.63) is 29.3 Å². The number of aryl methyl sites for hydroxylation is 1. The number of hydrogen-bond acceptors (Lipinski definition) is 3. The Morgan fingerprint density at radius 1 is 1.33 bits per heavy atom. The van der Waals surface area contributed by atoms with Crippen LogP contribution in [-0.2, 0) is 4.74 Å². The first-order chi connectivity index (χ1) is 11.3. The number of ether oxygens (including phenoxy) is 2. The summed E-state index contributed by atoms with van der Waals surface area (Å²) in [7, 11) is 0. The number of carbonyl (C=O) groups is 1. The number of hydrogen-bond donors (Lipinski definition) is 0. The van der Waals surface area contributed by atoms with E-state index in [2.05, 4.69) is 5.92 Å². The summed E-state index contributed by atoms with van der Waals surface area (Å²) in [6.07, 6.45) is 7.04. The van der Waals surface area contributed by atoms with Crippen LogP contribution in [0.4, 0.5) is 4.79 Å². The number of piperidine rings is 1. The number of terminal acetylenes is 1. The van der Waals surface area contributed by atoms with E-state index in [-0.39, 0.29) is 6.09 Å². The van der Waals surface area contributed by atoms with Crippen molar-refractivity contribution in [3.63, 3.8) is 0 Å². The van der Waals surface area contributed by atoms with Crippen LogP contribution < -0.4 is 4.74 Å². The van der Waals surface area contributed by atoms with Gasteiger partial charge in [-0.05, 0) is 70.2 Å². The molecule has 1 aliphatic rings. The molecule has 0 N–H and O–H groups in total. The summed E-state index contributed by atoms with van der Waals surface area (Å²) in [5.41, 5.74) is 1.47. The summed E-state index contributed by atoms with van der Waals surface area (Å²) in [6, 6.07) is 5.79. The molecule has 24 heavy (non-hydrogen) atoms. The molecule has 0 atom stereocenters. The molecule has 0 radical (unpaired) electrons. The van der Waals surface area contributed by atoms with Crippen molar-refractivity contribution in [3.8, 4) is 18.1 Å². The first-order valence-corrected chi connectivity index (χ1v) is 8.46. The molecule has 0 bridgehead atoms. The van der Waals surface area contributed by atoms with Crippen LogP contribution in [0.25, 0.3) is 0 Å². The molecule has 4 nitrogen and oxygen atoms in total. The largest absolute Gasteiger partial charge is 0.493 e. The third kappa shape index (κ3) is 5.19. The van der Waals surface area contributed by atoms with Gasteiger partial charge in [-0.2, -0.15) is 0 Å². The number of carbonyl (C=O) groups excluding carboxylic acids is 1. The maximum absolute atomic E-state index is 12.1. The Labute approximate surface area is 145 Å². The molecule has 0 unspecified atom stereocenters. The number of amides is 1. The number of likely N-dealkylation sites (tertiary alicyclic amines) is 1. The zero-order valence-electron chi connectivity index (χ0n) is 15.1. The molecule has 0 spiro atoms. The predicted molar refractivity (Wildman–Crippen MR) is 95.1 cm³/mol. The Bertz CT molecular complexity index is 617. The fourth-order valence-corrected chi connectivity index (χ4v) is 2.72. The second-order valence-corrected chi connectivity index (χ2v) is 7.35. The van der Waals surface area contributed by atoms with Gasteiger partial charge < -0.3 is 14.4 Å². The van der Waals surface area contributed by atoms with Crippen molar-refractivity contribution in [2.24, 2.45) is 5.92 Å². The summed E-state index contributed by atoms with van der Waals surface area (Å²) in [5, 5.41) is 0. The zero-order valence-corrected chi connectivity index (χ0v) is 15.1. The van der Waals surface area contributed by atoms with Gasteiger partial charge >= 0.3 is 6.09 Å². The summed E-state index contributed by atoms with van der Waals surface area (Å²) < 4.78 is 11.4. The van der Waals surface area contributed by atoms with E-state index in [1.165, 1.54) is 0 Å². The molecule has 1 fully saturated rings. The lowest BCUT2D eigenvalue weighted by Crippen LogP contribution is -2.42. The van der Waals surface area contributed by atoms with Gasteiger partial charge in [-0.3, -0.25) is 0 Å². The van der Waals surface area contributed by atoms with Gasteiger partial charge in [-0.1, -0.05) is 5.92 Å². The maximum Gasteiger partial charge on any atom is 0.410 e. The Hall–Kier alpha value is -2.15. The molecule has 1 aromatic rings.